The van der Waals surface area contributed by atoms with E-state index in [1.165, 1.54) is 6.33 Å². The maximum Gasteiger partial charge on any atom is 0.293 e. The Morgan fingerprint density at radius 2 is 1.94 bits per heavy atom. The summed E-state index contributed by atoms with van der Waals surface area (Å²) in [6.07, 6.45) is 3.24. The minimum Gasteiger partial charge on any atom is -0.343 e. The number of amides is 1. The van der Waals surface area contributed by atoms with E-state index in [0.29, 0.717) is 28.5 Å². The quantitative estimate of drug-likeness (QED) is 0.404. The molecule has 0 unspecified atom stereocenters. The molecule has 0 aliphatic rings. The molecule has 1 aromatic carbocycles. The van der Waals surface area contributed by atoms with Crippen LogP contribution in [-0.2, 0) is 12.5 Å². The first-order valence-corrected chi connectivity index (χ1v) is 11.3. The van der Waals surface area contributed by atoms with Gasteiger partial charge in [-0.2, -0.15) is 15.1 Å². The Morgan fingerprint density at radius 3 is 2.60 bits per heavy atom. The van der Waals surface area contributed by atoms with Crippen LogP contribution < -0.4 is 10.6 Å². The van der Waals surface area contributed by atoms with E-state index >= 15 is 0 Å². The maximum absolute atomic E-state index is 12.7. The molecule has 0 saturated carbocycles. The molecule has 182 valence electrons. The summed E-state index contributed by atoms with van der Waals surface area (Å²) in [5.41, 5.74) is 1.91. The number of rotatable bonds is 6. The lowest BCUT2D eigenvalue weighted by atomic mass is 9.97. The molecular formula is C23H26ClN9O2. The van der Waals surface area contributed by atoms with Gasteiger partial charge in [-0.25, -0.2) is 9.97 Å². The minimum absolute atomic E-state index is 0.0237. The second-order valence-corrected chi connectivity index (χ2v) is 9.52. The molecule has 12 heteroatoms. The number of halogens is 1. The van der Waals surface area contributed by atoms with Crippen LogP contribution in [0.2, 0.25) is 5.02 Å². The molecule has 2 N–H and O–H groups in total. The molecule has 4 aromatic rings. The highest BCUT2D eigenvalue weighted by molar-refractivity contribution is 6.32. The zero-order valence-corrected chi connectivity index (χ0v) is 21.0. The van der Waals surface area contributed by atoms with Crippen molar-refractivity contribution in [2.24, 2.45) is 7.05 Å². The lowest BCUT2D eigenvalue weighted by Gasteiger charge is -2.17. The van der Waals surface area contributed by atoms with Crippen molar-refractivity contribution >= 4 is 29.3 Å². The SMILES string of the molecule is Cc1c(-c2ncnc(Nc3ccn(C)n3)n2)ccc([C@@H](C)NC(=O)c2noc(C(C)(C)C)n2)c1Cl. The highest BCUT2D eigenvalue weighted by Gasteiger charge is 2.25. The summed E-state index contributed by atoms with van der Waals surface area (Å²) >= 11 is 6.71. The number of carbonyl (C=O) groups excluding carboxylic acids is 1. The number of carbonyl (C=O) groups is 1. The Kier molecular flexibility index (Phi) is 6.53. The largest absolute Gasteiger partial charge is 0.343 e. The molecule has 35 heavy (non-hydrogen) atoms. The van der Waals surface area contributed by atoms with Gasteiger partial charge in [0.2, 0.25) is 11.8 Å². The van der Waals surface area contributed by atoms with E-state index in [2.05, 4.69) is 40.8 Å². The third-order valence-corrected chi connectivity index (χ3v) is 5.77. The first-order valence-electron chi connectivity index (χ1n) is 10.9. The van der Waals surface area contributed by atoms with Crippen molar-refractivity contribution in [2.45, 2.75) is 46.1 Å². The van der Waals surface area contributed by atoms with E-state index in [1.807, 2.05) is 66.1 Å². The Balaban J connectivity index is 1.53. The van der Waals surface area contributed by atoms with Crippen molar-refractivity contribution in [1.29, 1.82) is 0 Å². The summed E-state index contributed by atoms with van der Waals surface area (Å²) in [6, 6.07) is 5.11. The number of benzene rings is 1. The fourth-order valence-corrected chi connectivity index (χ4v) is 3.65. The van der Waals surface area contributed by atoms with Gasteiger partial charge in [0.05, 0.1) is 6.04 Å². The fraction of sp³-hybridized carbons (Fsp3) is 0.348. The van der Waals surface area contributed by atoms with Gasteiger partial charge in [0.25, 0.3) is 11.7 Å². The van der Waals surface area contributed by atoms with Crippen molar-refractivity contribution in [3.05, 3.63) is 58.6 Å². The van der Waals surface area contributed by atoms with E-state index in [4.69, 9.17) is 16.1 Å². The summed E-state index contributed by atoms with van der Waals surface area (Å²) in [7, 11) is 1.83. The first-order chi connectivity index (χ1) is 16.5. The van der Waals surface area contributed by atoms with Crippen LogP contribution in [0.4, 0.5) is 11.8 Å². The molecule has 3 aromatic heterocycles. The van der Waals surface area contributed by atoms with Gasteiger partial charge >= 0.3 is 0 Å². The maximum atomic E-state index is 12.7. The Hall–Kier alpha value is -3.86. The molecule has 4 rings (SSSR count). The molecule has 0 fully saturated rings. The standard InChI is InChI=1S/C23H26ClN9O2/c1-12-14(18-25-11-26-22(30-18)28-16-9-10-33(6)31-16)7-8-15(17(12)24)13(2)27-20(34)19-29-21(35-32-19)23(3,4)5/h7-11,13H,1-6H3,(H,27,34)(H,25,26,28,30,31)/t13-/m1/s1. The van der Waals surface area contributed by atoms with E-state index in [-0.39, 0.29) is 11.2 Å². The third kappa shape index (κ3) is 5.29. The van der Waals surface area contributed by atoms with Gasteiger partial charge in [-0.1, -0.05) is 49.7 Å². The van der Waals surface area contributed by atoms with Crippen LogP contribution in [0.5, 0.6) is 0 Å². The Morgan fingerprint density at radius 1 is 1.17 bits per heavy atom. The number of hydrogen-bond acceptors (Lipinski definition) is 9. The molecule has 0 spiro atoms. The van der Waals surface area contributed by atoms with Crippen LogP contribution in [0, 0.1) is 6.92 Å². The molecule has 0 radical (unpaired) electrons. The van der Waals surface area contributed by atoms with Crippen molar-refractivity contribution in [3.8, 4) is 11.4 Å². The van der Waals surface area contributed by atoms with Crippen molar-refractivity contribution in [1.82, 2.24) is 40.2 Å². The fourth-order valence-electron chi connectivity index (χ4n) is 3.32. The number of hydrogen-bond donors (Lipinski definition) is 2. The first kappa shape index (κ1) is 24.3. The topological polar surface area (TPSA) is 137 Å². The van der Waals surface area contributed by atoms with Crippen LogP contribution in [0.25, 0.3) is 11.4 Å². The molecule has 0 aliphatic heterocycles. The van der Waals surface area contributed by atoms with Crippen LogP contribution >= 0.6 is 11.6 Å². The smallest absolute Gasteiger partial charge is 0.293 e. The second-order valence-electron chi connectivity index (χ2n) is 9.14. The highest BCUT2D eigenvalue weighted by Crippen LogP contribution is 2.33. The average molecular weight is 496 g/mol. The normalized spacial score (nSPS) is 12.4. The van der Waals surface area contributed by atoms with Gasteiger partial charge in [-0.15, -0.1) is 0 Å². The molecule has 3 heterocycles. The second kappa shape index (κ2) is 9.41. The lowest BCUT2D eigenvalue weighted by molar-refractivity contribution is 0.0926. The van der Waals surface area contributed by atoms with Crippen LogP contribution in [0.15, 0.2) is 35.2 Å². The predicted octanol–water partition coefficient (Wildman–Crippen LogP) is 4.15. The van der Waals surface area contributed by atoms with Crippen molar-refractivity contribution in [2.75, 3.05) is 5.32 Å². The minimum atomic E-state index is -0.447. The van der Waals surface area contributed by atoms with Crippen molar-refractivity contribution in [3.63, 3.8) is 0 Å². The monoisotopic (exact) mass is 495 g/mol. The van der Waals surface area contributed by atoms with Gasteiger partial charge in [0.15, 0.2) is 11.6 Å². The molecule has 1 amide bonds. The Bertz CT molecular complexity index is 1370. The van der Waals surface area contributed by atoms with Crippen LogP contribution in [0.1, 0.15) is 61.4 Å². The highest BCUT2D eigenvalue weighted by atomic mass is 35.5. The van der Waals surface area contributed by atoms with E-state index in [1.54, 1.807) is 4.68 Å². The van der Waals surface area contributed by atoms with Gasteiger partial charge in [0, 0.05) is 35.3 Å². The summed E-state index contributed by atoms with van der Waals surface area (Å²) in [5.74, 6) is 1.37. The summed E-state index contributed by atoms with van der Waals surface area (Å²) < 4.78 is 6.89. The molecule has 0 bridgehead atoms. The average Bonchev–Trinajstić information content (AvgIpc) is 3.45. The number of nitrogens with zero attached hydrogens (tertiary/aromatic N) is 7. The third-order valence-electron chi connectivity index (χ3n) is 5.27. The molecule has 1 atom stereocenters. The van der Waals surface area contributed by atoms with Gasteiger partial charge in [-0.05, 0) is 25.0 Å². The van der Waals surface area contributed by atoms with Crippen LogP contribution in [0.3, 0.4) is 0 Å². The number of aryl methyl sites for hydroxylation is 1. The zero-order chi connectivity index (χ0) is 25.3. The zero-order valence-electron chi connectivity index (χ0n) is 20.3. The molecule has 0 saturated heterocycles. The van der Waals surface area contributed by atoms with Gasteiger partial charge in [-0.3, -0.25) is 9.48 Å². The van der Waals surface area contributed by atoms with Crippen LogP contribution in [-0.4, -0.2) is 40.8 Å². The van der Waals surface area contributed by atoms with Crippen molar-refractivity contribution < 1.29 is 9.32 Å². The molecule has 11 nitrogen and oxygen atoms in total. The number of anilines is 2. The van der Waals surface area contributed by atoms with E-state index in [9.17, 15) is 4.79 Å². The number of aromatic nitrogens is 7. The number of nitrogens with one attached hydrogen (secondary N) is 2. The summed E-state index contributed by atoms with van der Waals surface area (Å²) in [6.45, 7) is 9.50. The lowest BCUT2D eigenvalue weighted by Crippen LogP contribution is -2.28. The summed E-state index contributed by atoms with van der Waals surface area (Å²) in [5, 5.41) is 14.5. The van der Waals surface area contributed by atoms with Gasteiger partial charge in [0.1, 0.15) is 6.33 Å². The Labute approximate surface area is 207 Å². The van der Waals surface area contributed by atoms with Gasteiger partial charge < -0.3 is 15.2 Å². The molecular weight excluding hydrogens is 470 g/mol. The summed E-state index contributed by atoms with van der Waals surface area (Å²) in [4.78, 5) is 29.8. The predicted molar refractivity (Wildman–Crippen MR) is 130 cm³/mol. The van der Waals surface area contributed by atoms with E-state index in [0.717, 1.165) is 16.7 Å². The molecule has 0 aliphatic carbocycles. The van der Waals surface area contributed by atoms with E-state index < -0.39 is 11.9 Å².